The van der Waals surface area contributed by atoms with Crippen LogP contribution in [-0.2, 0) is 16.3 Å². The van der Waals surface area contributed by atoms with Crippen molar-refractivity contribution in [3.8, 4) is 11.3 Å². The van der Waals surface area contributed by atoms with Gasteiger partial charge in [-0.05, 0) is 24.4 Å². The molecule has 3 rings (SSSR count). The molecule has 0 aliphatic carbocycles. The number of carbonyl (C=O) groups excluding carboxylic acids is 1. The van der Waals surface area contributed by atoms with Crippen molar-refractivity contribution in [1.29, 1.82) is 0 Å². The molecule has 2 aromatic rings. The van der Waals surface area contributed by atoms with Crippen molar-refractivity contribution in [1.82, 2.24) is 14.9 Å². The quantitative estimate of drug-likeness (QED) is 0.310. The number of ether oxygens (including phenoxy) is 1. The molecule has 0 spiro atoms. The van der Waals surface area contributed by atoms with Crippen LogP contribution in [0, 0.1) is 5.92 Å². The van der Waals surface area contributed by atoms with Crippen molar-refractivity contribution in [3.63, 3.8) is 0 Å². The minimum Gasteiger partial charge on any atom is -0.465 e. The van der Waals surface area contributed by atoms with Gasteiger partial charge in [0.2, 0.25) is 5.91 Å². The number of amides is 2. The molecule has 2 bridgehead atoms. The van der Waals surface area contributed by atoms with Crippen LogP contribution in [0.25, 0.3) is 11.3 Å². The predicted octanol–water partition coefficient (Wildman–Crippen LogP) is 5.10. The molecule has 2 heterocycles. The Labute approximate surface area is 196 Å². The fourth-order valence-corrected chi connectivity index (χ4v) is 4.44. The highest BCUT2D eigenvalue weighted by molar-refractivity contribution is 6.76. The number of carbonyl (C=O) groups is 2. The lowest BCUT2D eigenvalue weighted by Gasteiger charge is -2.19. The molecule has 2 amide bonds. The van der Waals surface area contributed by atoms with E-state index in [1.165, 1.54) is 0 Å². The van der Waals surface area contributed by atoms with Gasteiger partial charge in [-0.15, -0.1) is 0 Å². The minimum atomic E-state index is -1.23. The topological polar surface area (TPSA) is 105 Å². The van der Waals surface area contributed by atoms with Crippen LogP contribution in [-0.4, -0.2) is 41.3 Å². The number of anilines is 1. The molecule has 2 atom stereocenters. The summed E-state index contributed by atoms with van der Waals surface area (Å²) in [5.74, 6) is 0.522. The van der Waals surface area contributed by atoms with E-state index in [0.29, 0.717) is 36.7 Å². The summed E-state index contributed by atoms with van der Waals surface area (Å²) in [4.78, 5) is 28.9. The second-order valence-corrected chi connectivity index (χ2v) is 15.4. The van der Waals surface area contributed by atoms with E-state index < -0.39 is 20.2 Å². The molecular formula is C24H34N4O4Si. The minimum absolute atomic E-state index is 0.0164. The summed E-state index contributed by atoms with van der Waals surface area (Å²) in [6, 6.07) is 8.01. The Morgan fingerprint density at radius 3 is 2.82 bits per heavy atom. The van der Waals surface area contributed by atoms with E-state index >= 15 is 0 Å². The van der Waals surface area contributed by atoms with Gasteiger partial charge in [-0.3, -0.25) is 4.79 Å². The van der Waals surface area contributed by atoms with E-state index in [2.05, 4.69) is 30.3 Å². The van der Waals surface area contributed by atoms with Crippen LogP contribution in [0.15, 0.2) is 42.6 Å². The molecule has 1 aromatic heterocycles. The van der Waals surface area contributed by atoms with Crippen molar-refractivity contribution < 1.29 is 19.4 Å². The first kappa shape index (κ1) is 24.7. The molecular weight excluding hydrogens is 436 g/mol. The third-order valence-electron chi connectivity index (χ3n) is 5.46. The van der Waals surface area contributed by atoms with Crippen LogP contribution in [0.4, 0.5) is 10.5 Å². The molecule has 8 nitrogen and oxygen atoms in total. The largest absolute Gasteiger partial charge is 0.465 e. The van der Waals surface area contributed by atoms with Gasteiger partial charge in [0.25, 0.3) is 0 Å². The van der Waals surface area contributed by atoms with Gasteiger partial charge < -0.3 is 25.0 Å². The molecule has 33 heavy (non-hydrogen) atoms. The number of rotatable bonds is 6. The van der Waals surface area contributed by atoms with Crippen LogP contribution in [0.2, 0.25) is 25.7 Å². The number of allylic oxidation sites excluding steroid dienone is 1. The number of para-hydroxylation sites is 1. The van der Waals surface area contributed by atoms with Crippen molar-refractivity contribution >= 4 is 25.8 Å². The molecule has 9 heteroatoms. The number of carboxylic acid groups (broad SMARTS) is 1. The molecule has 1 aromatic carbocycles. The highest BCUT2D eigenvalue weighted by atomic mass is 28.3. The van der Waals surface area contributed by atoms with Crippen LogP contribution in [0.3, 0.4) is 0 Å². The zero-order valence-electron chi connectivity index (χ0n) is 19.8. The SMILES string of the molecule is C[C@@H]1/C=C\CC(NC(=O)O)c2nc(cn2COCC[Si](C)(C)C)-c2ccccc2NC(=O)C1. The Balaban J connectivity index is 2.01. The van der Waals surface area contributed by atoms with Gasteiger partial charge >= 0.3 is 6.09 Å². The summed E-state index contributed by atoms with van der Waals surface area (Å²) in [6.07, 6.45) is 5.37. The molecule has 0 saturated heterocycles. The number of aromatic nitrogens is 2. The van der Waals surface area contributed by atoms with Crippen LogP contribution >= 0.6 is 0 Å². The van der Waals surface area contributed by atoms with Gasteiger partial charge in [-0.2, -0.15) is 0 Å². The fourth-order valence-electron chi connectivity index (χ4n) is 3.68. The summed E-state index contributed by atoms with van der Waals surface area (Å²) < 4.78 is 7.83. The molecule has 0 saturated carbocycles. The average Bonchev–Trinajstić information content (AvgIpc) is 3.13. The first-order valence-corrected chi connectivity index (χ1v) is 15.0. The monoisotopic (exact) mass is 470 g/mol. The molecule has 1 aliphatic rings. The first-order chi connectivity index (χ1) is 15.6. The fraction of sp³-hybridized carbons (Fsp3) is 0.458. The number of nitrogens with zero attached hydrogens (tertiary/aromatic N) is 2. The van der Waals surface area contributed by atoms with E-state index in [9.17, 15) is 14.7 Å². The number of benzene rings is 1. The van der Waals surface area contributed by atoms with Gasteiger partial charge in [0.1, 0.15) is 12.6 Å². The maximum atomic E-state index is 12.6. The zero-order valence-corrected chi connectivity index (χ0v) is 20.8. The lowest BCUT2D eigenvalue weighted by molar-refractivity contribution is -0.116. The maximum Gasteiger partial charge on any atom is 0.405 e. The molecule has 1 aliphatic heterocycles. The van der Waals surface area contributed by atoms with Gasteiger partial charge in [-0.1, -0.05) is 56.9 Å². The third kappa shape index (κ3) is 7.30. The summed E-state index contributed by atoms with van der Waals surface area (Å²) in [5.41, 5.74) is 2.11. The molecule has 0 radical (unpaired) electrons. The summed E-state index contributed by atoms with van der Waals surface area (Å²) in [5, 5.41) is 15.1. The number of imidazole rings is 1. The molecule has 178 valence electrons. The Hall–Kier alpha value is -2.91. The van der Waals surface area contributed by atoms with Crippen molar-refractivity contribution in [2.75, 3.05) is 11.9 Å². The zero-order chi connectivity index (χ0) is 24.0. The average molecular weight is 471 g/mol. The summed E-state index contributed by atoms with van der Waals surface area (Å²) in [7, 11) is -1.23. The summed E-state index contributed by atoms with van der Waals surface area (Å²) >= 11 is 0. The van der Waals surface area contributed by atoms with Gasteiger partial charge in [0.15, 0.2) is 0 Å². The van der Waals surface area contributed by atoms with Crippen LogP contribution < -0.4 is 10.6 Å². The Kier molecular flexibility index (Phi) is 8.09. The number of fused-ring (bicyclic) bond motifs is 4. The van der Waals surface area contributed by atoms with E-state index in [-0.39, 0.29) is 18.6 Å². The van der Waals surface area contributed by atoms with Gasteiger partial charge in [0.05, 0.1) is 17.4 Å². The highest BCUT2D eigenvalue weighted by Crippen LogP contribution is 2.30. The predicted molar refractivity (Wildman–Crippen MR) is 132 cm³/mol. The maximum absolute atomic E-state index is 12.6. The first-order valence-electron chi connectivity index (χ1n) is 11.3. The highest BCUT2D eigenvalue weighted by Gasteiger charge is 2.23. The molecule has 0 fully saturated rings. The molecule has 1 unspecified atom stereocenters. The van der Waals surface area contributed by atoms with E-state index in [4.69, 9.17) is 9.72 Å². The number of hydrogen-bond donors (Lipinski definition) is 3. The van der Waals surface area contributed by atoms with E-state index in [1.54, 1.807) is 0 Å². The Bertz CT molecular complexity index is 1010. The number of hydrogen-bond acceptors (Lipinski definition) is 4. The van der Waals surface area contributed by atoms with Crippen molar-refractivity contribution in [3.05, 3.63) is 48.4 Å². The standard InChI is InChI=1S/C24H34N4O4Si/c1-17-8-7-11-20(27-24(30)31)23-26-21(15-28(23)16-32-12-13-33(2,3)4)18-9-5-6-10-19(18)25-22(29)14-17/h5-10,15,17,20,27H,11-14,16H2,1-4H3,(H,25,29)(H,30,31)/b8-7-/t17-,20?/m1/s1. The van der Waals surface area contributed by atoms with Crippen molar-refractivity contribution in [2.24, 2.45) is 5.92 Å². The lowest BCUT2D eigenvalue weighted by Crippen LogP contribution is -2.29. The van der Waals surface area contributed by atoms with Crippen LogP contribution in [0.5, 0.6) is 0 Å². The normalized spacial score (nSPS) is 19.9. The van der Waals surface area contributed by atoms with E-state index in [1.807, 2.05) is 54.1 Å². The lowest BCUT2D eigenvalue weighted by atomic mass is 10.0. The molecule has 3 N–H and O–H groups in total. The number of nitrogens with one attached hydrogen (secondary N) is 2. The van der Waals surface area contributed by atoms with Crippen molar-refractivity contribution in [2.45, 2.75) is 58.2 Å². The Morgan fingerprint density at radius 2 is 2.09 bits per heavy atom. The van der Waals surface area contributed by atoms with Gasteiger partial charge in [0, 0.05) is 32.9 Å². The second-order valence-electron chi connectivity index (χ2n) is 9.74. The smallest absolute Gasteiger partial charge is 0.405 e. The van der Waals surface area contributed by atoms with E-state index in [0.717, 1.165) is 11.6 Å². The van der Waals surface area contributed by atoms with Gasteiger partial charge in [-0.25, -0.2) is 9.78 Å². The third-order valence-corrected chi connectivity index (χ3v) is 7.17. The summed E-state index contributed by atoms with van der Waals surface area (Å²) in [6.45, 7) is 9.78. The van der Waals surface area contributed by atoms with Crippen LogP contribution in [0.1, 0.15) is 31.6 Å². The second kappa shape index (κ2) is 10.8. The Morgan fingerprint density at radius 1 is 1.33 bits per heavy atom.